The highest BCUT2D eigenvalue weighted by atomic mass is 19.4. The van der Waals surface area contributed by atoms with Crippen LogP contribution in [0, 0.1) is 11.3 Å². The maximum atomic E-state index is 12.5. The summed E-state index contributed by atoms with van der Waals surface area (Å²) in [6, 6.07) is 4.01. The molecule has 0 amide bonds. The molecule has 0 atom stereocenters. The number of alkyl halides is 3. The van der Waals surface area contributed by atoms with Crippen LogP contribution >= 0.6 is 0 Å². The first kappa shape index (κ1) is 12.8. The summed E-state index contributed by atoms with van der Waals surface area (Å²) in [5, 5.41) is 8.69. The van der Waals surface area contributed by atoms with E-state index >= 15 is 0 Å². The minimum atomic E-state index is -4.75. The largest absolute Gasteiger partial charge is 0.449 e. The van der Waals surface area contributed by atoms with Crippen molar-refractivity contribution in [2.24, 2.45) is 0 Å². The maximum Gasteiger partial charge on any atom is 0.449 e. The van der Waals surface area contributed by atoms with E-state index in [1.807, 2.05) is 0 Å². The summed E-state index contributed by atoms with van der Waals surface area (Å²) >= 11 is 0. The van der Waals surface area contributed by atoms with Gasteiger partial charge in [0.1, 0.15) is 6.07 Å². The van der Waals surface area contributed by atoms with E-state index in [-0.39, 0.29) is 16.8 Å². The van der Waals surface area contributed by atoms with Gasteiger partial charge in [-0.1, -0.05) is 0 Å². The quantitative estimate of drug-likeness (QED) is 0.851. The van der Waals surface area contributed by atoms with Gasteiger partial charge in [0.15, 0.2) is 0 Å². The minimum absolute atomic E-state index is 0.160. The normalized spacial score (nSPS) is 11.1. The molecule has 0 aliphatic rings. The fraction of sp³-hybridized carbons (Fsp3) is 0.0909. The predicted octanol–water partition coefficient (Wildman–Crippen LogP) is 1.72. The Morgan fingerprint density at radius 3 is 2.63 bits per heavy atom. The number of nitrogens with one attached hydrogen (secondary N) is 1. The summed E-state index contributed by atoms with van der Waals surface area (Å²) in [4.78, 5) is 19.8. The number of hydrogen-bond donors (Lipinski definition) is 1. The Labute approximate surface area is 104 Å². The maximum absolute atomic E-state index is 12.5. The summed E-state index contributed by atoms with van der Waals surface area (Å²) in [5.74, 6) is -1.39. The Bertz CT molecular complexity index is 715. The van der Waals surface area contributed by atoms with Crippen LogP contribution in [0.4, 0.5) is 13.2 Å². The first-order valence-electron chi connectivity index (χ1n) is 4.94. The third kappa shape index (κ3) is 2.77. The molecular weight excluding hydrogens is 261 g/mol. The molecule has 8 heteroatoms. The Morgan fingerprint density at radius 2 is 2.00 bits per heavy atom. The third-order valence-electron chi connectivity index (χ3n) is 2.17. The number of rotatable bonds is 1. The molecule has 0 radical (unpaired) electrons. The van der Waals surface area contributed by atoms with Crippen LogP contribution < -0.4 is 5.56 Å². The Hall–Kier alpha value is -2.69. The van der Waals surface area contributed by atoms with Crippen molar-refractivity contribution in [3.8, 4) is 17.3 Å². The lowest BCUT2D eigenvalue weighted by Gasteiger charge is -2.07. The molecule has 0 unspecified atom stereocenters. The van der Waals surface area contributed by atoms with E-state index < -0.39 is 17.6 Å². The SMILES string of the molecule is N#Cc1cncc(-c2cc(=O)[nH]c(C(F)(F)F)n2)c1. The topological polar surface area (TPSA) is 82.4 Å². The van der Waals surface area contributed by atoms with Gasteiger partial charge in [0, 0.05) is 24.0 Å². The van der Waals surface area contributed by atoms with Crippen molar-refractivity contribution >= 4 is 0 Å². The van der Waals surface area contributed by atoms with E-state index in [1.54, 1.807) is 11.1 Å². The van der Waals surface area contributed by atoms with E-state index in [1.165, 1.54) is 18.5 Å². The molecule has 1 N–H and O–H groups in total. The molecule has 0 aromatic carbocycles. The molecule has 0 aliphatic carbocycles. The minimum Gasteiger partial charge on any atom is -0.303 e. The zero-order valence-corrected chi connectivity index (χ0v) is 9.19. The summed E-state index contributed by atoms with van der Waals surface area (Å²) in [6.45, 7) is 0. The highest BCUT2D eigenvalue weighted by Crippen LogP contribution is 2.26. The summed E-state index contributed by atoms with van der Waals surface area (Å²) in [6.07, 6.45) is -2.28. The van der Waals surface area contributed by atoms with E-state index in [4.69, 9.17) is 5.26 Å². The van der Waals surface area contributed by atoms with Gasteiger partial charge < -0.3 is 4.98 Å². The molecule has 2 rings (SSSR count). The first-order valence-corrected chi connectivity index (χ1v) is 4.94. The summed E-state index contributed by atoms with van der Waals surface area (Å²) in [5.41, 5.74) is -0.802. The fourth-order valence-electron chi connectivity index (χ4n) is 1.38. The average molecular weight is 266 g/mol. The van der Waals surface area contributed by atoms with Crippen molar-refractivity contribution in [3.63, 3.8) is 0 Å². The second kappa shape index (κ2) is 4.53. The Morgan fingerprint density at radius 1 is 1.26 bits per heavy atom. The van der Waals surface area contributed by atoms with E-state index in [0.29, 0.717) is 0 Å². The van der Waals surface area contributed by atoms with Crippen molar-refractivity contribution in [1.29, 1.82) is 5.26 Å². The first-order chi connectivity index (χ1) is 8.90. The van der Waals surface area contributed by atoms with E-state index in [9.17, 15) is 18.0 Å². The molecule has 2 aromatic rings. The van der Waals surface area contributed by atoms with Gasteiger partial charge in [-0.3, -0.25) is 9.78 Å². The molecule has 2 heterocycles. The van der Waals surface area contributed by atoms with Crippen molar-refractivity contribution in [3.05, 3.63) is 46.3 Å². The third-order valence-corrected chi connectivity index (χ3v) is 2.17. The molecule has 96 valence electrons. The molecular formula is C11H5F3N4O. The van der Waals surface area contributed by atoms with E-state index in [0.717, 1.165) is 6.07 Å². The molecule has 19 heavy (non-hydrogen) atoms. The molecule has 0 spiro atoms. The van der Waals surface area contributed by atoms with E-state index in [2.05, 4.69) is 9.97 Å². The van der Waals surface area contributed by atoms with Crippen LogP contribution in [0.1, 0.15) is 11.4 Å². The van der Waals surface area contributed by atoms with Crippen molar-refractivity contribution in [2.45, 2.75) is 6.18 Å². The fourth-order valence-corrected chi connectivity index (χ4v) is 1.38. The molecule has 0 bridgehead atoms. The standard InChI is InChI=1S/C11H5F3N4O/c12-11(13,14)10-17-8(2-9(19)18-10)7-1-6(3-15)4-16-5-7/h1-2,4-5H,(H,17,18,19). The average Bonchev–Trinajstić information content (AvgIpc) is 2.37. The molecule has 0 fully saturated rings. The number of nitriles is 1. The van der Waals surface area contributed by atoms with Gasteiger partial charge in [-0.05, 0) is 6.07 Å². The van der Waals surface area contributed by atoms with Crippen molar-refractivity contribution in [1.82, 2.24) is 15.0 Å². The molecule has 2 aromatic heterocycles. The van der Waals surface area contributed by atoms with Gasteiger partial charge in [-0.2, -0.15) is 18.4 Å². The lowest BCUT2D eigenvalue weighted by atomic mass is 10.1. The summed E-state index contributed by atoms with van der Waals surface area (Å²) < 4.78 is 37.5. The van der Waals surface area contributed by atoms with Gasteiger partial charge >= 0.3 is 6.18 Å². The summed E-state index contributed by atoms with van der Waals surface area (Å²) in [7, 11) is 0. The van der Waals surface area contributed by atoms with Crippen LogP contribution in [-0.4, -0.2) is 15.0 Å². The van der Waals surface area contributed by atoms with Gasteiger partial charge in [0.2, 0.25) is 5.82 Å². The van der Waals surface area contributed by atoms with Crippen LogP contribution in [-0.2, 0) is 6.18 Å². The van der Waals surface area contributed by atoms with Crippen LogP contribution in [0.5, 0.6) is 0 Å². The lowest BCUT2D eigenvalue weighted by molar-refractivity contribution is -0.145. The number of nitrogens with zero attached hydrogens (tertiary/aromatic N) is 3. The number of hydrogen-bond acceptors (Lipinski definition) is 4. The zero-order chi connectivity index (χ0) is 14.0. The zero-order valence-electron chi connectivity index (χ0n) is 9.19. The Balaban J connectivity index is 2.60. The van der Waals surface area contributed by atoms with Crippen LogP contribution in [0.2, 0.25) is 0 Å². The molecule has 0 saturated heterocycles. The lowest BCUT2D eigenvalue weighted by Crippen LogP contribution is -2.18. The Kier molecular flexibility index (Phi) is 3.04. The predicted molar refractivity (Wildman–Crippen MR) is 57.8 cm³/mol. The van der Waals surface area contributed by atoms with Gasteiger partial charge in [0.25, 0.3) is 5.56 Å². The smallest absolute Gasteiger partial charge is 0.303 e. The van der Waals surface area contributed by atoms with Crippen LogP contribution in [0.25, 0.3) is 11.3 Å². The highest BCUT2D eigenvalue weighted by molar-refractivity contribution is 5.59. The number of aromatic nitrogens is 3. The highest BCUT2D eigenvalue weighted by Gasteiger charge is 2.34. The molecule has 0 saturated carbocycles. The number of H-pyrrole nitrogens is 1. The van der Waals surface area contributed by atoms with Crippen molar-refractivity contribution < 1.29 is 13.2 Å². The van der Waals surface area contributed by atoms with Gasteiger partial charge in [-0.25, -0.2) is 4.98 Å². The molecule has 0 aliphatic heterocycles. The van der Waals surface area contributed by atoms with Gasteiger partial charge in [0.05, 0.1) is 11.3 Å². The number of aromatic amines is 1. The van der Waals surface area contributed by atoms with Gasteiger partial charge in [-0.15, -0.1) is 0 Å². The second-order valence-electron chi connectivity index (χ2n) is 3.55. The number of halogens is 3. The number of pyridine rings is 1. The molecule has 5 nitrogen and oxygen atoms in total. The second-order valence-corrected chi connectivity index (χ2v) is 3.55. The van der Waals surface area contributed by atoms with Crippen molar-refractivity contribution in [2.75, 3.05) is 0 Å². The van der Waals surface area contributed by atoms with Crippen LogP contribution in [0.3, 0.4) is 0 Å². The van der Waals surface area contributed by atoms with Crippen LogP contribution in [0.15, 0.2) is 29.3 Å². The monoisotopic (exact) mass is 266 g/mol.